The third-order valence-electron chi connectivity index (χ3n) is 3.31. The van der Waals surface area contributed by atoms with Crippen molar-refractivity contribution >= 4 is 0 Å². The molecule has 1 aromatic carbocycles. The van der Waals surface area contributed by atoms with E-state index in [-0.39, 0.29) is 0 Å². The molecular weight excluding hydrogens is 250 g/mol. The van der Waals surface area contributed by atoms with E-state index < -0.39 is 0 Å². The van der Waals surface area contributed by atoms with Crippen LogP contribution in [0, 0.1) is 0 Å². The number of hydrogen-bond acceptors (Lipinski definition) is 3. The van der Waals surface area contributed by atoms with Crippen molar-refractivity contribution in [2.45, 2.75) is 32.4 Å². The first-order valence-corrected chi connectivity index (χ1v) is 7.14. The molecule has 4 nitrogen and oxygen atoms in total. The Morgan fingerprint density at radius 1 is 1.30 bits per heavy atom. The van der Waals surface area contributed by atoms with Crippen LogP contribution < -0.4 is 5.32 Å². The van der Waals surface area contributed by atoms with Gasteiger partial charge in [-0.1, -0.05) is 25.5 Å². The predicted octanol–water partition coefficient (Wildman–Crippen LogP) is 2.78. The number of nitrogens with one attached hydrogen (secondary N) is 1. The third kappa shape index (κ3) is 4.18. The van der Waals surface area contributed by atoms with E-state index in [1.807, 2.05) is 16.9 Å². The molecular formula is C16H23N3O. The second-order valence-corrected chi connectivity index (χ2v) is 4.94. The highest BCUT2D eigenvalue weighted by molar-refractivity contribution is 5.33. The molecule has 0 spiro atoms. The summed E-state index contributed by atoms with van der Waals surface area (Å²) in [6.07, 6.45) is 6.04. The fourth-order valence-corrected chi connectivity index (χ4v) is 2.24. The average molecular weight is 273 g/mol. The largest absolute Gasteiger partial charge is 0.383 e. The SMILES string of the molecule is CCCC(COC)NCc1ccc(-n2cccn2)cc1. The Morgan fingerprint density at radius 2 is 2.10 bits per heavy atom. The quantitative estimate of drug-likeness (QED) is 0.804. The minimum atomic E-state index is 0.427. The van der Waals surface area contributed by atoms with Gasteiger partial charge in [0, 0.05) is 32.1 Å². The Labute approximate surface area is 120 Å². The fraction of sp³-hybridized carbons (Fsp3) is 0.438. The summed E-state index contributed by atoms with van der Waals surface area (Å²) in [6, 6.07) is 10.8. The molecule has 2 aromatic rings. The average Bonchev–Trinajstić information content (AvgIpc) is 3.00. The zero-order valence-electron chi connectivity index (χ0n) is 12.2. The molecule has 108 valence electrons. The minimum absolute atomic E-state index is 0.427. The summed E-state index contributed by atoms with van der Waals surface area (Å²) in [5, 5.41) is 7.77. The van der Waals surface area contributed by atoms with Gasteiger partial charge in [0.15, 0.2) is 0 Å². The Kier molecular flexibility index (Phi) is 5.77. The van der Waals surface area contributed by atoms with Gasteiger partial charge in [0.1, 0.15) is 0 Å². The van der Waals surface area contributed by atoms with E-state index in [0.717, 1.165) is 25.3 Å². The van der Waals surface area contributed by atoms with Crippen LogP contribution in [0.4, 0.5) is 0 Å². The van der Waals surface area contributed by atoms with Gasteiger partial charge in [-0.3, -0.25) is 0 Å². The van der Waals surface area contributed by atoms with Crippen LogP contribution in [0.2, 0.25) is 0 Å². The minimum Gasteiger partial charge on any atom is -0.383 e. The Morgan fingerprint density at radius 3 is 2.70 bits per heavy atom. The van der Waals surface area contributed by atoms with Gasteiger partial charge >= 0.3 is 0 Å². The Hall–Kier alpha value is -1.65. The summed E-state index contributed by atoms with van der Waals surface area (Å²) in [5.41, 5.74) is 2.36. The topological polar surface area (TPSA) is 39.1 Å². The summed E-state index contributed by atoms with van der Waals surface area (Å²) in [5.74, 6) is 0. The van der Waals surface area contributed by atoms with Gasteiger partial charge in [-0.25, -0.2) is 4.68 Å². The number of aromatic nitrogens is 2. The Bertz CT molecular complexity index is 473. The molecule has 0 saturated heterocycles. The summed E-state index contributed by atoms with van der Waals surface area (Å²) in [4.78, 5) is 0. The highest BCUT2D eigenvalue weighted by Crippen LogP contribution is 2.09. The van der Waals surface area contributed by atoms with Gasteiger partial charge in [0.2, 0.25) is 0 Å². The van der Waals surface area contributed by atoms with Crippen molar-refractivity contribution in [3.8, 4) is 5.69 Å². The number of nitrogens with zero attached hydrogens (tertiary/aromatic N) is 2. The van der Waals surface area contributed by atoms with E-state index >= 15 is 0 Å². The maximum atomic E-state index is 5.24. The smallest absolute Gasteiger partial charge is 0.0645 e. The lowest BCUT2D eigenvalue weighted by molar-refractivity contribution is 0.161. The summed E-state index contributed by atoms with van der Waals surface area (Å²) >= 11 is 0. The van der Waals surface area contributed by atoms with Gasteiger partial charge in [0.05, 0.1) is 12.3 Å². The van der Waals surface area contributed by atoms with E-state index in [1.54, 1.807) is 13.3 Å². The highest BCUT2D eigenvalue weighted by atomic mass is 16.5. The molecule has 0 bridgehead atoms. The van der Waals surface area contributed by atoms with Gasteiger partial charge in [0.25, 0.3) is 0 Å². The number of methoxy groups -OCH3 is 1. The standard InChI is InChI=1S/C16H23N3O/c1-3-5-15(13-20-2)17-12-14-6-8-16(9-7-14)19-11-4-10-18-19/h4,6-11,15,17H,3,5,12-13H2,1-2H3. The molecule has 0 amide bonds. The van der Waals surface area contributed by atoms with Gasteiger partial charge in [-0.15, -0.1) is 0 Å². The first-order chi connectivity index (χ1) is 9.83. The normalized spacial score (nSPS) is 12.5. The van der Waals surface area contributed by atoms with E-state index in [9.17, 15) is 0 Å². The van der Waals surface area contributed by atoms with Crippen LogP contribution in [0.15, 0.2) is 42.7 Å². The maximum absolute atomic E-state index is 5.24. The first-order valence-electron chi connectivity index (χ1n) is 7.14. The molecule has 0 aliphatic heterocycles. The molecule has 0 saturated carbocycles. The van der Waals surface area contributed by atoms with Gasteiger partial charge in [-0.05, 0) is 30.2 Å². The van der Waals surface area contributed by atoms with Crippen molar-refractivity contribution in [3.63, 3.8) is 0 Å². The van der Waals surface area contributed by atoms with E-state index in [1.165, 1.54) is 12.0 Å². The predicted molar refractivity (Wildman–Crippen MR) is 81.0 cm³/mol. The van der Waals surface area contributed by atoms with E-state index in [4.69, 9.17) is 4.74 Å². The van der Waals surface area contributed by atoms with Crippen LogP contribution in [0.3, 0.4) is 0 Å². The van der Waals surface area contributed by atoms with Crippen LogP contribution in [-0.4, -0.2) is 29.5 Å². The lowest BCUT2D eigenvalue weighted by Crippen LogP contribution is -2.32. The number of benzene rings is 1. The summed E-state index contributed by atoms with van der Waals surface area (Å²) in [6.45, 7) is 3.83. The molecule has 2 rings (SSSR count). The first kappa shape index (κ1) is 14.8. The van der Waals surface area contributed by atoms with E-state index in [2.05, 4.69) is 41.6 Å². The van der Waals surface area contributed by atoms with Crippen molar-refractivity contribution in [3.05, 3.63) is 48.3 Å². The van der Waals surface area contributed by atoms with Crippen LogP contribution in [-0.2, 0) is 11.3 Å². The lowest BCUT2D eigenvalue weighted by Gasteiger charge is -2.17. The fourth-order valence-electron chi connectivity index (χ4n) is 2.24. The summed E-state index contributed by atoms with van der Waals surface area (Å²) < 4.78 is 7.10. The monoisotopic (exact) mass is 273 g/mol. The summed E-state index contributed by atoms with van der Waals surface area (Å²) in [7, 11) is 1.75. The molecule has 1 unspecified atom stereocenters. The molecule has 0 aliphatic carbocycles. The second kappa shape index (κ2) is 7.82. The molecule has 1 atom stereocenters. The Balaban J connectivity index is 1.90. The number of rotatable bonds is 8. The van der Waals surface area contributed by atoms with Crippen LogP contribution in [0.1, 0.15) is 25.3 Å². The van der Waals surface area contributed by atoms with Crippen LogP contribution in [0.5, 0.6) is 0 Å². The second-order valence-electron chi connectivity index (χ2n) is 4.94. The van der Waals surface area contributed by atoms with Gasteiger partial charge in [-0.2, -0.15) is 5.10 Å². The number of ether oxygens (including phenoxy) is 1. The molecule has 0 fully saturated rings. The van der Waals surface area contributed by atoms with Gasteiger partial charge < -0.3 is 10.1 Å². The van der Waals surface area contributed by atoms with E-state index in [0.29, 0.717) is 6.04 Å². The van der Waals surface area contributed by atoms with Crippen molar-refractivity contribution in [1.82, 2.24) is 15.1 Å². The molecule has 20 heavy (non-hydrogen) atoms. The number of hydrogen-bond donors (Lipinski definition) is 1. The zero-order chi connectivity index (χ0) is 14.2. The lowest BCUT2D eigenvalue weighted by atomic mass is 10.1. The third-order valence-corrected chi connectivity index (χ3v) is 3.31. The van der Waals surface area contributed by atoms with Crippen LogP contribution in [0.25, 0.3) is 5.69 Å². The molecule has 1 N–H and O–H groups in total. The molecule has 1 aromatic heterocycles. The molecule has 4 heteroatoms. The van der Waals surface area contributed by atoms with Crippen molar-refractivity contribution < 1.29 is 4.74 Å². The highest BCUT2D eigenvalue weighted by Gasteiger charge is 2.06. The van der Waals surface area contributed by atoms with Crippen molar-refractivity contribution in [1.29, 1.82) is 0 Å². The van der Waals surface area contributed by atoms with Crippen molar-refractivity contribution in [2.24, 2.45) is 0 Å². The zero-order valence-corrected chi connectivity index (χ0v) is 12.2. The molecule has 0 radical (unpaired) electrons. The van der Waals surface area contributed by atoms with Crippen molar-refractivity contribution in [2.75, 3.05) is 13.7 Å². The molecule has 0 aliphatic rings. The van der Waals surface area contributed by atoms with Crippen LogP contribution >= 0.6 is 0 Å². The maximum Gasteiger partial charge on any atom is 0.0645 e. The molecule has 1 heterocycles.